The van der Waals surface area contributed by atoms with E-state index in [1.807, 2.05) is 11.8 Å². The zero-order valence-electron chi connectivity index (χ0n) is 11.7. The predicted octanol–water partition coefficient (Wildman–Crippen LogP) is 3.24. The molecule has 0 spiro atoms. The van der Waals surface area contributed by atoms with E-state index in [2.05, 4.69) is 11.5 Å². The maximum Gasteiger partial charge on any atom is 0.132 e. The van der Waals surface area contributed by atoms with Gasteiger partial charge in [0.15, 0.2) is 0 Å². The van der Waals surface area contributed by atoms with E-state index in [4.69, 9.17) is 10.6 Å². The highest BCUT2D eigenvalue weighted by Crippen LogP contribution is 2.37. The third-order valence-corrected chi connectivity index (χ3v) is 5.93. The molecule has 1 aromatic carbocycles. The van der Waals surface area contributed by atoms with Gasteiger partial charge in [0.25, 0.3) is 0 Å². The number of benzene rings is 1. The number of methoxy groups -OCH3 is 1. The van der Waals surface area contributed by atoms with Gasteiger partial charge in [0, 0.05) is 27.1 Å². The van der Waals surface area contributed by atoms with E-state index in [1.165, 1.54) is 23.6 Å². The van der Waals surface area contributed by atoms with Gasteiger partial charge in [-0.2, -0.15) is 11.8 Å². The molecule has 2 heterocycles. The number of halogens is 1. The second-order valence-corrected chi connectivity index (χ2v) is 7.16. The molecule has 0 amide bonds. The minimum absolute atomic E-state index is 0.307. The Morgan fingerprint density at radius 1 is 1.38 bits per heavy atom. The predicted molar refractivity (Wildman–Crippen MR) is 86.3 cm³/mol. The number of aryl methyl sites for hydroxylation is 1. The van der Waals surface area contributed by atoms with E-state index >= 15 is 0 Å². The van der Waals surface area contributed by atoms with Gasteiger partial charge in [0.05, 0.1) is 13.2 Å². The zero-order chi connectivity index (χ0) is 14.8. The van der Waals surface area contributed by atoms with E-state index in [-0.39, 0.29) is 11.9 Å². The van der Waals surface area contributed by atoms with Crippen molar-refractivity contribution in [2.24, 2.45) is 5.84 Å². The first kappa shape index (κ1) is 14.8. The van der Waals surface area contributed by atoms with E-state index in [1.54, 1.807) is 23.5 Å². The summed E-state index contributed by atoms with van der Waals surface area (Å²) in [5.74, 6) is 8.08. The van der Waals surface area contributed by atoms with Crippen LogP contribution in [-0.2, 0) is 12.2 Å². The Morgan fingerprint density at radius 2 is 2.24 bits per heavy atom. The third-order valence-electron chi connectivity index (χ3n) is 3.62. The molecular weight excluding hydrogens is 307 g/mol. The molecule has 1 aliphatic heterocycles. The molecule has 2 aromatic rings. The van der Waals surface area contributed by atoms with Gasteiger partial charge in [-0.25, -0.2) is 9.82 Å². The average Bonchev–Trinajstić information content (AvgIpc) is 2.93. The Kier molecular flexibility index (Phi) is 4.49. The zero-order valence-corrected chi connectivity index (χ0v) is 13.3. The van der Waals surface area contributed by atoms with Crippen LogP contribution in [0.3, 0.4) is 0 Å². The first-order valence-electron chi connectivity index (χ1n) is 6.71. The number of hydrogen-bond acceptors (Lipinski definition) is 5. The highest BCUT2D eigenvalue weighted by molar-refractivity contribution is 7.98. The third kappa shape index (κ3) is 2.94. The molecule has 3 nitrogen and oxygen atoms in total. The minimum Gasteiger partial charge on any atom is -0.497 e. The number of nitrogens with one attached hydrogen (secondary N) is 1. The van der Waals surface area contributed by atoms with Crippen molar-refractivity contribution in [2.45, 2.75) is 18.2 Å². The summed E-state index contributed by atoms with van der Waals surface area (Å²) in [4.78, 5) is 2.46. The van der Waals surface area contributed by atoms with Gasteiger partial charge in [0.2, 0.25) is 0 Å². The number of thioether (sulfide) groups is 1. The quantitative estimate of drug-likeness (QED) is 0.669. The van der Waals surface area contributed by atoms with Crippen LogP contribution in [0.1, 0.15) is 26.9 Å². The fraction of sp³-hybridized carbons (Fsp3) is 0.333. The van der Waals surface area contributed by atoms with Gasteiger partial charge in [-0.05, 0) is 29.9 Å². The normalized spacial score (nSPS) is 15.6. The lowest BCUT2D eigenvalue weighted by atomic mass is 10.0. The lowest BCUT2D eigenvalue weighted by Crippen LogP contribution is -2.28. The number of thiophene rings is 1. The van der Waals surface area contributed by atoms with Crippen molar-refractivity contribution in [3.05, 3.63) is 51.0 Å². The van der Waals surface area contributed by atoms with Crippen molar-refractivity contribution in [3.63, 3.8) is 0 Å². The molecule has 1 atom stereocenters. The van der Waals surface area contributed by atoms with Crippen molar-refractivity contribution in [2.75, 3.05) is 12.9 Å². The average molecular weight is 324 g/mol. The standard InChI is InChI=1S/C15H17FN2OS2/c1-19-10-2-3-11(12(16)7-10)15(18-17)14-6-9-8-20-5-4-13(9)21-14/h2-3,6-7,15,18H,4-5,8,17H2,1H3. The molecule has 0 saturated heterocycles. The highest BCUT2D eigenvalue weighted by atomic mass is 32.2. The van der Waals surface area contributed by atoms with Crippen LogP contribution < -0.4 is 16.0 Å². The fourth-order valence-corrected chi connectivity index (χ4v) is 4.96. The summed E-state index contributed by atoms with van der Waals surface area (Å²) >= 11 is 3.67. The molecule has 1 unspecified atom stereocenters. The molecule has 1 aliphatic rings. The molecule has 6 heteroatoms. The Morgan fingerprint density at radius 3 is 2.90 bits per heavy atom. The van der Waals surface area contributed by atoms with Crippen molar-refractivity contribution in [3.8, 4) is 5.75 Å². The lowest BCUT2D eigenvalue weighted by Gasteiger charge is -2.16. The Labute approximate surface area is 131 Å². The molecule has 1 aromatic heterocycles. The molecule has 21 heavy (non-hydrogen) atoms. The topological polar surface area (TPSA) is 47.3 Å². The van der Waals surface area contributed by atoms with Crippen LogP contribution in [0.2, 0.25) is 0 Å². The Hall–Kier alpha value is -1.08. The summed E-state index contributed by atoms with van der Waals surface area (Å²) in [7, 11) is 1.53. The number of hydrogen-bond donors (Lipinski definition) is 2. The van der Waals surface area contributed by atoms with Crippen molar-refractivity contribution < 1.29 is 9.13 Å². The van der Waals surface area contributed by atoms with Crippen molar-refractivity contribution in [1.29, 1.82) is 0 Å². The number of hydrazine groups is 1. The number of fused-ring (bicyclic) bond motifs is 1. The molecule has 0 radical (unpaired) electrons. The maximum absolute atomic E-state index is 14.3. The number of ether oxygens (including phenoxy) is 1. The van der Waals surface area contributed by atoms with E-state index in [9.17, 15) is 4.39 Å². The van der Waals surface area contributed by atoms with Gasteiger partial charge in [-0.1, -0.05) is 6.07 Å². The van der Waals surface area contributed by atoms with Crippen LogP contribution in [0.15, 0.2) is 24.3 Å². The van der Waals surface area contributed by atoms with Gasteiger partial charge in [-0.3, -0.25) is 5.84 Å². The fourth-order valence-electron chi connectivity index (χ4n) is 2.51. The van der Waals surface area contributed by atoms with Crippen LogP contribution in [0.4, 0.5) is 4.39 Å². The summed E-state index contributed by atoms with van der Waals surface area (Å²) < 4.78 is 19.3. The van der Waals surface area contributed by atoms with Gasteiger partial charge in [-0.15, -0.1) is 11.3 Å². The summed E-state index contributed by atoms with van der Waals surface area (Å²) in [6.45, 7) is 0. The Bertz CT molecular complexity index is 621. The molecule has 0 bridgehead atoms. The molecule has 112 valence electrons. The van der Waals surface area contributed by atoms with Crippen LogP contribution in [0, 0.1) is 5.82 Å². The smallest absolute Gasteiger partial charge is 0.132 e. The SMILES string of the molecule is COc1ccc(C(NN)c2cc3c(s2)CCSC3)c(F)c1. The molecule has 3 rings (SSSR count). The monoisotopic (exact) mass is 324 g/mol. The molecule has 0 fully saturated rings. The molecule has 3 N–H and O–H groups in total. The first-order chi connectivity index (χ1) is 10.2. The highest BCUT2D eigenvalue weighted by Gasteiger charge is 2.22. The van der Waals surface area contributed by atoms with E-state index in [0.717, 1.165) is 22.8 Å². The minimum atomic E-state index is -0.323. The lowest BCUT2D eigenvalue weighted by molar-refractivity contribution is 0.410. The van der Waals surface area contributed by atoms with Crippen LogP contribution >= 0.6 is 23.1 Å². The van der Waals surface area contributed by atoms with E-state index in [0.29, 0.717) is 11.3 Å². The molecular formula is C15H17FN2OS2. The van der Waals surface area contributed by atoms with E-state index < -0.39 is 0 Å². The second kappa shape index (κ2) is 6.36. The van der Waals surface area contributed by atoms with Gasteiger partial charge >= 0.3 is 0 Å². The molecule has 0 saturated carbocycles. The summed E-state index contributed by atoms with van der Waals surface area (Å²) in [5.41, 5.74) is 4.65. The Balaban J connectivity index is 1.96. The van der Waals surface area contributed by atoms with Crippen molar-refractivity contribution in [1.82, 2.24) is 5.43 Å². The first-order valence-corrected chi connectivity index (χ1v) is 8.69. The van der Waals surface area contributed by atoms with Crippen molar-refractivity contribution >= 4 is 23.1 Å². The largest absolute Gasteiger partial charge is 0.497 e. The number of rotatable bonds is 4. The van der Waals surface area contributed by atoms with Crippen LogP contribution in [-0.4, -0.2) is 12.9 Å². The second-order valence-electron chi connectivity index (χ2n) is 4.89. The van der Waals surface area contributed by atoms with Crippen LogP contribution in [0.25, 0.3) is 0 Å². The summed E-state index contributed by atoms with van der Waals surface area (Å²) in [5, 5.41) is 0. The summed E-state index contributed by atoms with van der Waals surface area (Å²) in [6.07, 6.45) is 1.09. The van der Waals surface area contributed by atoms with Crippen LogP contribution in [0.5, 0.6) is 5.75 Å². The number of nitrogens with two attached hydrogens (primary N) is 1. The maximum atomic E-state index is 14.3. The summed E-state index contributed by atoms with van der Waals surface area (Å²) in [6, 6.07) is 6.71. The molecule has 0 aliphatic carbocycles. The van der Waals surface area contributed by atoms with Gasteiger partial charge < -0.3 is 4.74 Å². The van der Waals surface area contributed by atoms with Gasteiger partial charge in [0.1, 0.15) is 11.6 Å².